The first kappa shape index (κ1) is 18.7. The number of amides is 1. The van der Waals surface area contributed by atoms with E-state index < -0.39 is 16.7 Å². The van der Waals surface area contributed by atoms with Gasteiger partial charge in [0, 0.05) is 18.5 Å². The van der Waals surface area contributed by atoms with Crippen molar-refractivity contribution in [2.24, 2.45) is 0 Å². The van der Waals surface area contributed by atoms with Gasteiger partial charge in [0.2, 0.25) is 0 Å². The molecule has 26 heavy (non-hydrogen) atoms. The highest BCUT2D eigenvalue weighted by atomic mass is 16.6. The molecule has 1 N–H and O–H groups in total. The number of piperidine rings is 1. The van der Waals surface area contributed by atoms with Crippen LogP contribution >= 0.6 is 0 Å². The molecule has 1 atom stereocenters. The summed E-state index contributed by atoms with van der Waals surface area (Å²) in [6.07, 6.45) is 0.647. The van der Waals surface area contributed by atoms with E-state index in [1.807, 2.05) is 52.8 Å². The van der Waals surface area contributed by atoms with E-state index in [1.165, 1.54) is 0 Å². The molecule has 0 bridgehead atoms. The number of fused-ring (bicyclic) bond motifs is 1. The summed E-state index contributed by atoms with van der Waals surface area (Å²) >= 11 is 0. The van der Waals surface area contributed by atoms with E-state index >= 15 is 0 Å². The third-order valence-corrected chi connectivity index (χ3v) is 5.11. The Hall–Kier alpha value is -2.07. The minimum Gasteiger partial charge on any atom is -0.444 e. The molecule has 4 nitrogen and oxygen atoms in total. The first-order valence-corrected chi connectivity index (χ1v) is 9.23. The van der Waals surface area contributed by atoms with Crippen molar-refractivity contribution in [2.75, 3.05) is 6.54 Å². The number of aliphatic hydroxyl groups is 1. The largest absolute Gasteiger partial charge is 0.444 e. The van der Waals surface area contributed by atoms with Gasteiger partial charge in [0.15, 0.2) is 0 Å². The summed E-state index contributed by atoms with van der Waals surface area (Å²) in [5.74, 6) is 0. The van der Waals surface area contributed by atoms with Gasteiger partial charge in [-0.05, 0) is 63.4 Å². The molecule has 1 amide bonds. The maximum absolute atomic E-state index is 12.6. The summed E-state index contributed by atoms with van der Waals surface area (Å²) in [7, 11) is 0. The van der Waals surface area contributed by atoms with Crippen LogP contribution in [0.2, 0.25) is 0 Å². The van der Waals surface area contributed by atoms with Crippen LogP contribution in [0.5, 0.6) is 0 Å². The van der Waals surface area contributed by atoms with Crippen molar-refractivity contribution in [3.63, 3.8) is 0 Å². The number of likely N-dealkylation sites (tertiary alicyclic amines) is 1. The van der Waals surface area contributed by atoms with Gasteiger partial charge in [-0.15, -0.1) is 0 Å². The molecule has 0 spiro atoms. The van der Waals surface area contributed by atoms with E-state index in [2.05, 4.69) is 24.3 Å². The fourth-order valence-electron chi connectivity index (χ4n) is 3.88. The predicted octanol–water partition coefficient (Wildman–Crippen LogP) is 4.84. The Bertz CT molecular complexity index is 821. The second kappa shape index (κ2) is 6.27. The fourth-order valence-corrected chi connectivity index (χ4v) is 3.88. The molecule has 2 aromatic rings. The zero-order valence-corrected chi connectivity index (χ0v) is 16.4. The van der Waals surface area contributed by atoms with E-state index in [1.54, 1.807) is 4.90 Å². The summed E-state index contributed by atoms with van der Waals surface area (Å²) in [4.78, 5) is 14.3. The molecular formula is C22H29NO3. The number of rotatable bonds is 1. The smallest absolute Gasteiger partial charge is 0.410 e. The molecule has 4 heteroatoms. The van der Waals surface area contributed by atoms with Gasteiger partial charge in [-0.3, -0.25) is 0 Å². The van der Waals surface area contributed by atoms with Gasteiger partial charge in [-0.1, -0.05) is 36.4 Å². The van der Waals surface area contributed by atoms with Gasteiger partial charge in [0.1, 0.15) is 5.60 Å². The maximum atomic E-state index is 12.6. The molecule has 1 heterocycles. The number of ether oxygens (including phenoxy) is 1. The molecule has 3 rings (SSSR count). The standard InChI is InChI=1S/C22H29NO3/c1-20(2,3)26-19(24)23-13-12-22(25,15-21(23,4)5)18-11-10-16-8-6-7-9-17(16)14-18/h6-11,14,25H,12-13,15H2,1-5H3. The second-order valence-electron chi connectivity index (χ2n) is 8.96. The van der Waals surface area contributed by atoms with E-state index in [9.17, 15) is 9.90 Å². The normalized spacial score (nSPS) is 23.1. The Morgan fingerprint density at radius 2 is 1.77 bits per heavy atom. The second-order valence-corrected chi connectivity index (χ2v) is 8.96. The van der Waals surface area contributed by atoms with Crippen molar-refractivity contribution < 1.29 is 14.6 Å². The van der Waals surface area contributed by atoms with Gasteiger partial charge >= 0.3 is 6.09 Å². The number of hydrogen-bond donors (Lipinski definition) is 1. The molecule has 140 valence electrons. The van der Waals surface area contributed by atoms with Gasteiger partial charge in [0.25, 0.3) is 0 Å². The van der Waals surface area contributed by atoms with Crippen molar-refractivity contribution in [1.29, 1.82) is 0 Å². The molecule has 1 saturated heterocycles. The molecule has 0 radical (unpaired) electrons. The summed E-state index contributed by atoms with van der Waals surface area (Å²) in [5.41, 5.74) is -1.07. The van der Waals surface area contributed by atoms with Crippen LogP contribution in [0, 0.1) is 0 Å². The summed E-state index contributed by atoms with van der Waals surface area (Å²) in [6.45, 7) is 10.0. The average Bonchev–Trinajstić information content (AvgIpc) is 2.51. The average molecular weight is 355 g/mol. The number of carbonyl (C=O) groups is 1. The van der Waals surface area contributed by atoms with Crippen LogP contribution in [0.3, 0.4) is 0 Å². The SMILES string of the molecule is CC(C)(C)OC(=O)N1CCC(O)(c2ccc3ccccc3c2)CC1(C)C. The molecule has 1 aliphatic rings. The van der Waals surface area contributed by atoms with Gasteiger partial charge in [0.05, 0.1) is 5.60 Å². The van der Waals surface area contributed by atoms with Crippen LogP contribution in [0.25, 0.3) is 10.8 Å². The first-order chi connectivity index (χ1) is 12.0. The quantitative estimate of drug-likeness (QED) is 0.796. The maximum Gasteiger partial charge on any atom is 0.410 e. The number of nitrogens with zero attached hydrogens (tertiary/aromatic N) is 1. The topological polar surface area (TPSA) is 49.8 Å². The van der Waals surface area contributed by atoms with Crippen molar-refractivity contribution in [1.82, 2.24) is 4.90 Å². The van der Waals surface area contributed by atoms with Crippen LogP contribution in [0.1, 0.15) is 53.0 Å². The number of benzene rings is 2. The van der Waals surface area contributed by atoms with Crippen molar-refractivity contribution in [2.45, 2.75) is 64.2 Å². The lowest BCUT2D eigenvalue weighted by Crippen LogP contribution is -2.58. The third kappa shape index (κ3) is 3.70. The molecular weight excluding hydrogens is 326 g/mol. The minimum absolute atomic E-state index is 0.317. The Kier molecular flexibility index (Phi) is 4.51. The first-order valence-electron chi connectivity index (χ1n) is 9.23. The van der Waals surface area contributed by atoms with E-state index in [0.717, 1.165) is 16.3 Å². The summed E-state index contributed by atoms with van der Waals surface area (Å²) in [6, 6.07) is 14.3. The zero-order chi connectivity index (χ0) is 19.2. The van der Waals surface area contributed by atoms with Crippen LogP contribution in [-0.4, -0.2) is 33.8 Å². The Balaban J connectivity index is 1.85. The van der Waals surface area contributed by atoms with Crippen molar-refractivity contribution in [3.05, 3.63) is 48.0 Å². The predicted molar refractivity (Wildman–Crippen MR) is 104 cm³/mol. The molecule has 1 fully saturated rings. The third-order valence-electron chi connectivity index (χ3n) is 5.11. The van der Waals surface area contributed by atoms with Crippen LogP contribution in [0.15, 0.2) is 42.5 Å². The molecule has 0 saturated carbocycles. The van der Waals surface area contributed by atoms with Gasteiger partial charge in [-0.25, -0.2) is 4.79 Å². The molecule has 0 aromatic heterocycles. The highest BCUT2D eigenvalue weighted by Crippen LogP contribution is 2.42. The van der Waals surface area contributed by atoms with Crippen LogP contribution in [0.4, 0.5) is 4.79 Å². The molecule has 1 unspecified atom stereocenters. The van der Waals surface area contributed by atoms with Crippen LogP contribution < -0.4 is 0 Å². The summed E-state index contributed by atoms with van der Waals surface area (Å²) in [5, 5.41) is 13.7. The minimum atomic E-state index is -0.952. The van der Waals surface area contributed by atoms with E-state index in [-0.39, 0.29) is 6.09 Å². The van der Waals surface area contributed by atoms with Crippen LogP contribution in [-0.2, 0) is 10.3 Å². The Morgan fingerprint density at radius 1 is 1.12 bits per heavy atom. The summed E-state index contributed by atoms with van der Waals surface area (Å²) < 4.78 is 5.55. The fraction of sp³-hybridized carbons (Fsp3) is 0.500. The van der Waals surface area contributed by atoms with Crippen molar-refractivity contribution >= 4 is 16.9 Å². The number of carbonyl (C=O) groups excluding carboxylic acids is 1. The van der Waals surface area contributed by atoms with E-state index in [4.69, 9.17) is 4.74 Å². The monoisotopic (exact) mass is 355 g/mol. The van der Waals surface area contributed by atoms with Gasteiger partial charge in [-0.2, -0.15) is 0 Å². The van der Waals surface area contributed by atoms with Crippen molar-refractivity contribution in [3.8, 4) is 0 Å². The molecule has 2 aromatic carbocycles. The lowest BCUT2D eigenvalue weighted by atomic mass is 9.75. The molecule has 1 aliphatic heterocycles. The highest BCUT2D eigenvalue weighted by molar-refractivity contribution is 5.83. The highest BCUT2D eigenvalue weighted by Gasteiger charge is 2.46. The lowest BCUT2D eigenvalue weighted by Gasteiger charge is -2.49. The van der Waals surface area contributed by atoms with E-state index in [0.29, 0.717) is 19.4 Å². The Morgan fingerprint density at radius 3 is 2.38 bits per heavy atom. The Labute approximate surface area is 155 Å². The lowest BCUT2D eigenvalue weighted by molar-refractivity contribution is -0.0829. The number of hydrogen-bond acceptors (Lipinski definition) is 3. The molecule has 0 aliphatic carbocycles. The zero-order valence-electron chi connectivity index (χ0n) is 16.4. The van der Waals surface area contributed by atoms with Gasteiger partial charge < -0.3 is 14.7 Å².